The molecule has 1 heterocycles. The minimum absolute atomic E-state index is 0.00310. The summed E-state index contributed by atoms with van der Waals surface area (Å²) in [5.74, 6) is 1.48. The second-order valence-corrected chi connectivity index (χ2v) is 13.5. The number of carbonyl (C=O) groups excluding carboxylic acids is 1. The molecule has 0 aliphatic heterocycles. The number of rotatable bonds is 16. The number of amides is 1. The number of unbranched alkanes of at least 4 members (excludes halogenated alkanes) is 2. The SMILES string of the molecule is CCCCCC(CC(=O)Nc1cc(Cn2cccn2)ccc1C(C)(C)C)c1ccc(OCc2ccccc2)cc1OCc1ccccc1. The van der Waals surface area contributed by atoms with Crippen LogP contribution in [0.2, 0.25) is 0 Å². The topological polar surface area (TPSA) is 65.4 Å². The Morgan fingerprint density at radius 3 is 2.17 bits per heavy atom. The van der Waals surface area contributed by atoms with Crippen molar-refractivity contribution in [2.75, 3.05) is 5.32 Å². The van der Waals surface area contributed by atoms with Crippen molar-refractivity contribution in [1.29, 1.82) is 0 Å². The van der Waals surface area contributed by atoms with Crippen molar-refractivity contribution < 1.29 is 14.3 Å². The first-order chi connectivity index (χ1) is 23.3. The Labute approximate surface area is 286 Å². The van der Waals surface area contributed by atoms with Gasteiger partial charge in [0.05, 0.1) is 6.54 Å². The Hall–Kier alpha value is -4.84. The summed E-state index contributed by atoms with van der Waals surface area (Å²) >= 11 is 0. The van der Waals surface area contributed by atoms with E-state index in [1.807, 2.05) is 65.5 Å². The molecule has 0 saturated carbocycles. The van der Waals surface area contributed by atoms with Gasteiger partial charge in [0, 0.05) is 30.6 Å². The van der Waals surface area contributed by atoms with Gasteiger partial charge in [0.25, 0.3) is 0 Å². The Morgan fingerprint density at radius 1 is 0.812 bits per heavy atom. The molecule has 0 radical (unpaired) electrons. The lowest BCUT2D eigenvalue weighted by atomic mass is 9.85. The lowest BCUT2D eigenvalue weighted by Crippen LogP contribution is -2.21. The van der Waals surface area contributed by atoms with Crippen LogP contribution in [0.15, 0.2) is 116 Å². The highest BCUT2D eigenvalue weighted by atomic mass is 16.5. The van der Waals surface area contributed by atoms with E-state index in [0.717, 1.165) is 70.7 Å². The molecule has 0 aliphatic rings. The van der Waals surface area contributed by atoms with Gasteiger partial charge in [0.1, 0.15) is 24.7 Å². The van der Waals surface area contributed by atoms with Gasteiger partial charge in [-0.2, -0.15) is 5.10 Å². The molecule has 1 unspecified atom stereocenters. The van der Waals surface area contributed by atoms with E-state index in [4.69, 9.17) is 9.47 Å². The van der Waals surface area contributed by atoms with Crippen LogP contribution in [0.1, 0.15) is 93.5 Å². The molecule has 1 atom stereocenters. The highest BCUT2D eigenvalue weighted by Gasteiger charge is 2.24. The standard InChI is InChI=1S/C42H49N3O3/c1-5-6-9-19-35(27-41(46)44-39-26-34(29-45-25-14-24-43-45)20-23-38(39)42(2,3)4)37-22-21-36(47-30-32-15-10-7-11-16-32)28-40(37)48-31-33-17-12-8-13-18-33/h7-8,10-18,20-26,28,35H,5-6,9,19,27,29-31H2,1-4H3,(H,44,46). The molecule has 6 nitrogen and oxygen atoms in total. The molecule has 250 valence electrons. The van der Waals surface area contributed by atoms with E-state index in [9.17, 15) is 4.79 Å². The lowest BCUT2D eigenvalue weighted by Gasteiger charge is -2.25. The molecule has 6 heteroatoms. The van der Waals surface area contributed by atoms with Gasteiger partial charge < -0.3 is 14.8 Å². The van der Waals surface area contributed by atoms with Crippen LogP contribution in [0.25, 0.3) is 0 Å². The first-order valence-corrected chi connectivity index (χ1v) is 17.2. The molecule has 0 saturated heterocycles. The quantitative estimate of drug-likeness (QED) is 0.109. The Balaban J connectivity index is 1.40. The van der Waals surface area contributed by atoms with Gasteiger partial charge in [-0.15, -0.1) is 0 Å². The zero-order valence-electron chi connectivity index (χ0n) is 28.8. The van der Waals surface area contributed by atoms with Gasteiger partial charge >= 0.3 is 0 Å². The fourth-order valence-electron chi connectivity index (χ4n) is 6.00. The highest BCUT2D eigenvalue weighted by Crippen LogP contribution is 2.37. The van der Waals surface area contributed by atoms with Crippen LogP contribution < -0.4 is 14.8 Å². The van der Waals surface area contributed by atoms with E-state index in [2.05, 4.69) is 86.6 Å². The normalized spacial score (nSPS) is 12.0. The molecular weight excluding hydrogens is 594 g/mol. The molecule has 0 spiro atoms. The summed E-state index contributed by atoms with van der Waals surface area (Å²) in [6.45, 7) is 10.3. The minimum Gasteiger partial charge on any atom is -0.489 e. The average Bonchev–Trinajstić information content (AvgIpc) is 3.60. The van der Waals surface area contributed by atoms with Gasteiger partial charge in [0.2, 0.25) is 5.91 Å². The Bertz CT molecular complexity index is 1710. The zero-order valence-corrected chi connectivity index (χ0v) is 28.8. The summed E-state index contributed by atoms with van der Waals surface area (Å²) in [7, 11) is 0. The van der Waals surface area contributed by atoms with E-state index in [-0.39, 0.29) is 17.2 Å². The Morgan fingerprint density at radius 2 is 1.52 bits per heavy atom. The smallest absolute Gasteiger partial charge is 0.224 e. The third-order valence-corrected chi connectivity index (χ3v) is 8.57. The second-order valence-electron chi connectivity index (χ2n) is 13.5. The summed E-state index contributed by atoms with van der Waals surface area (Å²) < 4.78 is 14.6. The van der Waals surface area contributed by atoms with E-state index in [1.165, 1.54) is 0 Å². The largest absolute Gasteiger partial charge is 0.489 e. The monoisotopic (exact) mass is 643 g/mol. The van der Waals surface area contributed by atoms with E-state index in [0.29, 0.717) is 26.2 Å². The van der Waals surface area contributed by atoms with Crippen molar-refractivity contribution >= 4 is 11.6 Å². The van der Waals surface area contributed by atoms with Crippen LogP contribution in [0.4, 0.5) is 5.69 Å². The maximum atomic E-state index is 14.0. The molecule has 48 heavy (non-hydrogen) atoms. The molecule has 0 aliphatic carbocycles. The number of carbonyl (C=O) groups is 1. The van der Waals surface area contributed by atoms with Crippen LogP contribution in [0, 0.1) is 0 Å². The first-order valence-electron chi connectivity index (χ1n) is 17.2. The number of anilines is 1. The molecule has 0 fully saturated rings. The predicted octanol–water partition coefficient (Wildman–Crippen LogP) is 10.1. The van der Waals surface area contributed by atoms with Crippen molar-refractivity contribution in [1.82, 2.24) is 9.78 Å². The summed E-state index contributed by atoms with van der Waals surface area (Å²) in [6, 6.07) is 34.7. The molecule has 4 aromatic carbocycles. The number of benzene rings is 4. The maximum Gasteiger partial charge on any atom is 0.224 e. The first kappa shape index (κ1) is 34.5. The van der Waals surface area contributed by atoms with Crippen molar-refractivity contribution in [3.8, 4) is 11.5 Å². The Kier molecular flexibility index (Phi) is 12.1. The van der Waals surface area contributed by atoms with Gasteiger partial charge in [-0.05, 0) is 63.8 Å². The van der Waals surface area contributed by atoms with Crippen molar-refractivity contribution in [3.63, 3.8) is 0 Å². The van der Waals surface area contributed by atoms with Gasteiger partial charge in [-0.25, -0.2) is 0 Å². The van der Waals surface area contributed by atoms with E-state index in [1.54, 1.807) is 6.20 Å². The number of aromatic nitrogens is 2. The second kappa shape index (κ2) is 16.8. The number of nitrogens with one attached hydrogen (secondary N) is 1. The molecule has 1 aromatic heterocycles. The maximum absolute atomic E-state index is 14.0. The molecule has 5 rings (SSSR count). The highest BCUT2D eigenvalue weighted by molar-refractivity contribution is 5.92. The van der Waals surface area contributed by atoms with Gasteiger partial charge in [-0.1, -0.05) is 126 Å². The summed E-state index contributed by atoms with van der Waals surface area (Å²) in [5, 5.41) is 7.69. The zero-order chi connectivity index (χ0) is 33.8. The van der Waals surface area contributed by atoms with Crippen LogP contribution in [-0.4, -0.2) is 15.7 Å². The van der Waals surface area contributed by atoms with Crippen LogP contribution in [0.3, 0.4) is 0 Å². The summed E-state index contributed by atoms with van der Waals surface area (Å²) in [4.78, 5) is 14.0. The van der Waals surface area contributed by atoms with Gasteiger partial charge in [0.15, 0.2) is 0 Å². The van der Waals surface area contributed by atoms with Crippen LogP contribution in [0.5, 0.6) is 11.5 Å². The van der Waals surface area contributed by atoms with Crippen LogP contribution in [-0.2, 0) is 30.0 Å². The molecule has 1 N–H and O–H groups in total. The molecule has 1 amide bonds. The molecule has 5 aromatic rings. The summed E-state index contributed by atoms with van der Waals surface area (Å²) in [5.41, 5.74) is 6.14. The third kappa shape index (κ3) is 10.1. The number of ether oxygens (including phenoxy) is 2. The fraction of sp³-hybridized carbons (Fsp3) is 0.333. The van der Waals surface area contributed by atoms with Crippen molar-refractivity contribution in [2.24, 2.45) is 0 Å². The number of hydrogen-bond donors (Lipinski definition) is 1. The van der Waals surface area contributed by atoms with E-state index >= 15 is 0 Å². The van der Waals surface area contributed by atoms with E-state index < -0.39 is 0 Å². The van der Waals surface area contributed by atoms with Crippen LogP contribution >= 0.6 is 0 Å². The number of nitrogens with zero attached hydrogens (tertiary/aromatic N) is 2. The third-order valence-electron chi connectivity index (χ3n) is 8.57. The molecule has 0 bridgehead atoms. The number of hydrogen-bond acceptors (Lipinski definition) is 4. The summed E-state index contributed by atoms with van der Waals surface area (Å²) in [6.07, 6.45) is 8.23. The van der Waals surface area contributed by atoms with Crippen molar-refractivity contribution in [3.05, 3.63) is 143 Å². The lowest BCUT2D eigenvalue weighted by molar-refractivity contribution is -0.116. The molecular formula is C42H49N3O3. The minimum atomic E-state index is -0.138. The average molecular weight is 644 g/mol. The predicted molar refractivity (Wildman–Crippen MR) is 195 cm³/mol. The van der Waals surface area contributed by atoms with Crippen molar-refractivity contribution in [2.45, 2.75) is 90.9 Å². The fourth-order valence-corrected chi connectivity index (χ4v) is 6.00. The van der Waals surface area contributed by atoms with Gasteiger partial charge in [-0.3, -0.25) is 9.48 Å².